The molecule has 0 saturated heterocycles. The van der Waals surface area contributed by atoms with Crippen molar-refractivity contribution in [3.05, 3.63) is 57.5 Å². The van der Waals surface area contributed by atoms with Crippen molar-refractivity contribution in [3.63, 3.8) is 0 Å². The lowest BCUT2D eigenvalue weighted by molar-refractivity contribution is 0.102. The minimum absolute atomic E-state index is 0.211. The second kappa shape index (κ2) is 6.77. The van der Waals surface area contributed by atoms with E-state index in [9.17, 15) is 4.79 Å². The maximum Gasteiger partial charge on any atom is 0.255 e. The predicted molar refractivity (Wildman–Crippen MR) is 84.7 cm³/mol. The van der Waals surface area contributed by atoms with Crippen molar-refractivity contribution in [1.29, 1.82) is 0 Å². The largest absolute Gasteiger partial charge is 0.494 e. The predicted octanol–water partition coefficient (Wildman–Crippen LogP) is 4.75. The molecule has 1 N–H and O–H groups in total. The van der Waals surface area contributed by atoms with Crippen LogP contribution in [0.3, 0.4) is 0 Å². The van der Waals surface area contributed by atoms with Gasteiger partial charge < -0.3 is 10.1 Å². The molecule has 0 aliphatic heterocycles. The van der Waals surface area contributed by atoms with Crippen LogP contribution in [0.4, 0.5) is 5.69 Å². The first-order chi connectivity index (χ1) is 9.58. The highest BCUT2D eigenvalue weighted by atomic mass is 79.9. The van der Waals surface area contributed by atoms with E-state index in [0.29, 0.717) is 22.9 Å². The van der Waals surface area contributed by atoms with Gasteiger partial charge in [-0.05, 0) is 49.4 Å². The third-order valence-corrected chi connectivity index (χ3v) is 3.22. The van der Waals surface area contributed by atoms with Crippen molar-refractivity contribution in [1.82, 2.24) is 0 Å². The summed E-state index contributed by atoms with van der Waals surface area (Å²) < 4.78 is 6.11. The average molecular weight is 355 g/mol. The number of carbonyl (C=O) groups excluding carboxylic acids is 1. The normalized spacial score (nSPS) is 10.2. The third kappa shape index (κ3) is 3.99. The number of hydrogen-bond acceptors (Lipinski definition) is 2. The molecular weight excluding hydrogens is 342 g/mol. The van der Waals surface area contributed by atoms with Gasteiger partial charge in [-0.1, -0.05) is 27.5 Å². The minimum Gasteiger partial charge on any atom is -0.494 e. The van der Waals surface area contributed by atoms with Gasteiger partial charge in [0.2, 0.25) is 0 Å². The zero-order valence-corrected chi connectivity index (χ0v) is 13.2. The Kier molecular flexibility index (Phi) is 5.04. The molecule has 2 aromatic rings. The summed E-state index contributed by atoms with van der Waals surface area (Å²) in [5.41, 5.74) is 1.20. The van der Waals surface area contributed by atoms with Crippen molar-refractivity contribution < 1.29 is 9.53 Å². The Morgan fingerprint density at radius 3 is 2.55 bits per heavy atom. The van der Waals surface area contributed by atoms with E-state index in [0.717, 1.165) is 10.2 Å². The molecule has 0 atom stereocenters. The molecule has 0 aliphatic rings. The van der Waals surface area contributed by atoms with Crippen LogP contribution in [0.5, 0.6) is 5.75 Å². The van der Waals surface area contributed by atoms with Crippen molar-refractivity contribution in [2.24, 2.45) is 0 Å². The topological polar surface area (TPSA) is 38.3 Å². The fourth-order valence-corrected chi connectivity index (χ4v) is 2.55. The van der Waals surface area contributed by atoms with Gasteiger partial charge in [0.05, 0.1) is 6.61 Å². The molecule has 0 unspecified atom stereocenters. The SMILES string of the molecule is CCOc1ccc(NC(=O)c2cc(Cl)cc(Br)c2)cc1. The van der Waals surface area contributed by atoms with Crippen LogP contribution in [0, 0.1) is 0 Å². The van der Waals surface area contributed by atoms with E-state index in [4.69, 9.17) is 16.3 Å². The smallest absolute Gasteiger partial charge is 0.255 e. The quantitative estimate of drug-likeness (QED) is 0.860. The van der Waals surface area contributed by atoms with Crippen molar-refractivity contribution in [3.8, 4) is 5.75 Å². The summed E-state index contributed by atoms with van der Waals surface area (Å²) in [4.78, 5) is 12.1. The summed E-state index contributed by atoms with van der Waals surface area (Å²) in [5, 5.41) is 3.32. The Balaban J connectivity index is 2.10. The molecule has 2 aromatic carbocycles. The van der Waals surface area contributed by atoms with E-state index in [1.54, 1.807) is 30.3 Å². The number of carbonyl (C=O) groups is 1. The van der Waals surface area contributed by atoms with E-state index in [1.165, 1.54) is 0 Å². The number of benzene rings is 2. The first kappa shape index (κ1) is 14.9. The summed E-state index contributed by atoms with van der Waals surface area (Å²) in [6.07, 6.45) is 0. The zero-order valence-electron chi connectivity index (χ0n) is 10.8. The highest BCUT2D eigenvalue weighted by Gasteiger charge is 2.08. The first-order valence-corrected chi connectivity index (χ1v) is 7.26. The van der Waals surface area contributed by atoms with Gasteiger partial charge in [0.25, 0.3) is 5.91 Å². The van der Waals surface area contributed by atoms with E-state index in [-0.39, 0.29) is 5.91 Å². The first-order valence-electron chi connectivity index (χ1n) is 6.09. The van der Waals surface area contributed by atoms with Crippen molar-refractivity contribution in [2.75, 3.05) is 11.9 Å². The lowest BCUT2D eigenvalue weighted by atomic mass is 10.2. The number of anilines is 1. The summed E-state index contributed by atoms with van der Waals surface area (Å²) in [7, 11) is 0. The number of rotatable bonds is 4. The summed E-state index contributed by atoms with van der Waals surface area (Å²) in [6, 6.07) is 12.3. The zero-order chi connectivity index (χ0) is 14.5. The van der Waals surface area contributed by atoms with Crippen molar-refractivity contribution >= 4 is 39.1 Å². The minimum atomic E-state index is -0.211. The van der Waals surface area contributed by atoms with Gasteiger partial charge in [0, 0.05) is 20.7 Å². The van der Waals surface area contributed by atoms with Gasteiger partial charge in [-0.25, -0.2) is 0 Å². The number of ether oxygens (including phenoxy) is 1. The molecule has 2 rings (SSSR count). The lowest BCUT2D eigenvalue weighted by Crippen LogP contribution is -2.11. The van der Waals surface area contributed by atoms with Gasteiger partial charge in [-0.3, -0.25) is 4.79 Å². The molecule has 0 spiro atoms. The Bertz CT molecular complexity index is 594. The molecule has 0 saturated carbocycles. The maximum absolute atomic E-state index is 12.1. The molecule has 0 radical (unpaired) electrons. The van der Waals surface area contributed by atoms with Gasteiger partial charge in [0.15, 0.2) is 0 Å². The molecule has 5 heteroatoms. The van der Waals surface area contributed by atoms with E-state index in [1.807, 2.05) is 19.1 Å². The highest BCUT2D eigenvalue weighted by molar-refractivity contribution is 9.10. The molecule has 3 nitrogen and oxygen atoms in total. The number of hydrogen-bond donors (Lipinski definition) is 1. The fourth-order valence-electron chi connectivity index (χ4n) is 1.69. The van der Waals surface area contributed by atoms with Crippen LogP contribution < -0.4 is 10.1 Å². The van der Waals surface area contributed by atoms with Crippen LogP contribution >= 0.6 is 27.5 Å². The summed E-state index contributed by atoms with van der Waals surface area (Å²) in [6.45, 7) is 2.54. The van der Waals surface area contributed by atoms with Crippen LogP contribution in [0.1, 0.15) is 17.3 Å². The Morgan fingerprint density at radius 1 is 1.25 bits per heavy atom. The van der Waals surface area contributed by atoms with Gasteiger partial charge in [0.1, 0.15) is 5.75 Å². The molecule has 0 bridgehead atoms. The van der Waals surface area contributed by atoms with Crippen LogP contribution in [0.15, 0.2) is 46.9 Å². The summed E-state index contributed by atoms with van der Waals surface area (Å²) >= 11 is 9.24. The molecule has 104 valence electrons. The number of nitrogens with one attached hydrogen (secondary N) is 1. The van der Waals surface area contributed by atoms with E-state index < -0.39 is 0 Å². The average Bonchev–Trinajstić information content (AvgIpc) is 2.40. The molecule has 20 heavy (non-hydrogen) atoms. The third-order valence-electron chi connectivity index (χ3n) is 2.55. The standard InChI is InChI=1S/C15H13BrClNO2/c1-2-20-14-5-3-13(4-6-14)18-15(19)10-7-11(16)9-12(17)8-10/h3-9H,2H2,1H3,(H,18,19). The fraction of sp³-hybridized carbons (Fsp3) is 0.133. The van der Waals surface area contributed by atoms with E-state index in [2.05, 4.69) is 21.2 Å². The molecule has 0 aliphatic carbocycles. The molecule has 1 amide bonds. The second-order valence-electron chi connectivity index (χ2n) is 4.07. The second-order valence-corrected chi connectivity index (χ2v) is 5.42. The van der Waals surface area contributed by atoms with Gasteiger partial charge in [-0.2, -0.15) is 0 Å². The lowest BCUT2D eigenvalue weighted by Gasteiger charge is -2.08. The number of amides is 1. The van der Waals surface area contributed by atoms with Crippen LogP contribution in [-0.4, -0.2) is 12.5 Å². The molecule has 0 aromatic heterocycles. The monoisotopic (exact) mass is 353 g/mol. The summed E-state index contributed by atoms with van der Waals surface area (Å²) in [5.74, 6) is 0.563. The number of halogens is 2. The maximum atomic E-state index is 12.1. The van der Waals surface area contributed by atoms with E-state index >= 15 is 0 Å². The molecule has 0 fully saturated rings. The van der Waals surface area contributed by atoms with Gasteiger partial charge in [-0.15, -0.1) is 0 Å². The Labute approximate surface area is 131 Å². The van der Waals surface area contributed by atoms with Crippen LogP contribution in [0.2, 0.25) is 5.02 Å². The van der Waals surface area contributed by atoms with Crippen molar-refractivity contribution in [2.45, 2.75) is 6.92 Å². The van der Waals surface area contributed by atoms with Crippen LogP contribution in [0.25, 0.3) is 0 Å². The van der Waals surface area contributed by atoms with Gasteiger partial charge >= 0.3 is 0 Å². The molecule has 0 heterocycles. The Morgan fingerprint density at radius 2 is 1.95 bits per heavy atom. The van der Waals surface area contributed by atoms with Crippen LogP contribution in [-0.2, 0) is 0 Å². The Hall–Kier alpha value is -1.52. The molecular formula is C15H13BrClNO2. The highest BCUT2D eigenvalue weighted by Crippen LogP contribution is 2.21.